The molecule has 0 bridgehead atoms. The molecule has 0 aromatic carbocycles. The molecule has 0 N–H and O–H groups in total. The number of rotatable bonds is 2. The first-order valence-electron chi connectivity index (χ1n) is 7.61. The van der Waals surface area contributed by atoms with Gasteiger partial charge in [0.15, 0.2) is 0 Å². The van der Waals surface area contributed by atoms with E-state index in [1.165, 1.54) is 0 Å². The summed E-state index contributed by atoms with van der Waals surface area (Å²) in [5.74, 6) is 3.52. The van der Waals surface area contributed by atoms with Gasteiger partial charge >= 0.3 is 0 Å². The van der Waals surface area contributed by atoms with Gasteiger partial charge in [-0.05, 0) is 6.07 Å². The zero-order valence-corrected chi connectivity index (χ0v) is 13.4. The zero-order chi connectivity index (χ0) is 15.1. The van der Waals surface area contributed by atoms with Crippen LogP contribution >= 0.6 is 11.8 Å². The Morgan fingerprint density at radius 3 is 2.82 bits per heavy atom. The number of hydrogen-bond donors (Lipinski definition) is 0. The molecule has 2 aliphatic rings. The number of carbonyl (C=O) groups excluding carboxylic acids is 1. The highest BCUT2D eigenvalue weighted by atomic mass is 32.2. The first kappa shape index (κ1) is 13.9. The highest BCUT2D eigenvalue weighted by molar-refractivity contribution is 7.99. The van der Waals surface area contributed by atoms with Crippen LogP contribution < -0.4 is 4.90 Å². The average Bonchev–Trinajstić information content (AvgIpc) is 2.89. The molecule has 0 atom stereocenters. The lowest BCUT2D eigenvalue weighted by atomic mass is 9.98. The number of aromatic nitrogens is 3. The smallest absolute Gasteiger partial charge is 0.229 e. The highest BCUT2D eigenvalue weighted by Gasteiger charge is 2.37. The van der Waals surface area contributed by atoms with Crippen molar-refractivity contribution in [2.45, 2.75) is 0 Å². The van der Waals surface area contributed by atoms with Crippen molar-refractivity contribution in [3.05, 3.63) is 18.6 Å². The number of fused-ring (bicyclic) bond motifs is 1. The quantitative estimate of drug-likeness (QED) is 0.826. The summed E-state index contributed by atoms with van der Waals surface area (Å²) < 4.78 is 1.99. The fourth-order valence-electron chi connectivity index (χ4n) is 3.17. The van der Waals surface area contributed by atoms with Crippen LogP contribution in [-0.2, 0) is 11.8 Å². The molecule has 116 valence electrons. The van der Waals surface area contributed by atoms with Crippen molar-refractivity contribution in [2.24, 2.45) is 13.0 Å². The maximum Gasteiger partial charge on any atom is 0.229 e. The molecular formula is C15H19N5OS. The highest BCUT2D eigenvalue weighted by Crippen LogP contribution is 2.30. The van der Waals surface area contributed by atoms with Crippen LogP contribution in [0.5, 0.6) is 0 Å². The van der Waals surface area contributed by atoms with E-state index in [1.807, 2.05) is 40.5 Å². The standard InChI is InChI=1S/C15H19N5OS/c1-18-3-2-12-13(18)16-10-17-14(12)20-8-11(9-20)15(21)19-4-6-22-7-5-19/h2-3,10-11H,4-9H2,1H3. The number of nitrogens with zero attached hydrogens (tertiary/aromatic N) is 5. The largest absolute Gasteiger partial charge is 0.354 e. The minimum absolute atomic E-state index is 0.122. The number of amides is 1. The summed E-state index contributed by atoms with van der Waals surface area (Å²) in [7, 11) is 1.98. The molecule has 2 fully saturated rings. The second kappa shape index (κ2) is 5.46. The normalized spacial score (nSPS) is 19.5. The van der Waals surface area contributed by atoms with Gasteiger partial charge in [-0.15, -0.1) is 0 Å². The summed E-state index contributed by atoms with van der Waals surface area (Å²) >= 11 is 1.93. The van der Waals surface area contributed by atoms with Crippen LogP contribution in [0.15, 0.2) is 18.6 Å². The van der Waals surface area contributed by atoms with E-state index in [0.29, 0.717) is 5.91 Å². The number of carbonyl (C=O) groups is 1. The van der Waals surface area contributed by atoms with Gasteiger partial charge in [0.25, 0.3) is 0 Å². The summed E-state index contributed by atoms with van der Waals surface area (Å²) in [5.41, 5.74) is 0.938. The van der Waals surface area contributed by atoms with Crippen molar-refractivity contribution < 1.29 is 4.79 Å². The molecule has 4 rings (SSSR count). The van der Waals surface area contributed by atoms with E-state index in [9.17, 15) is 4.79 Å². The lowest BCUT2D eigenvalue weighted by molar-refractivity contribution is -0.135. The summed E-state index contributed by atoms with van der Waals surface area (Å²) in [4.78, 5) is 25.4. The minimum Gasteiger partial charge on any atom is -0.354 e. The molecule has 0 radical (unpaired) electrons. The molecule has 1 amide bonds. The molecule has 0 saturated carbocycles. The average molecular weight is 317 g/mol. The van der Waals surface area contributed by atoms with E-state index in [2.05, 4.69) is 14.9 Å². The Hall–Kier alpha value is -1.76. The first-order chi connectivity index (χ1) is 10.7. The van der Waals surface area contributed by atoms with Gasteiger partial charge in [0.2, 0.25) is 5.91 Å². The molecular weight excluding hydrogens is 298 g/mol. The zero-order valence-electron chi connectivity index (χ0n) is 12.6. The molecule has 2 aromatic rings. The third-order valence-electron chi connectivity index (χ3n) is 4.49. The molecule has 7 heteroatoms. The van der Waals surface area contributed by atoms with Crippen molar-refractivity contribution in [3.8, 4) is 0 Å². The maximum atomic E-state index is 12.5. The van der Waals surface area contributed by atoms with Crippen molar-refractivity contribution in [1.29, 1.82) is 0 Å². The Bertz CT molecular complexity index is 703. The molecule has 0 spiro atoms. The second-order valence-corrected chi connectivity index (χ2v) is 7.13. The van der Waals surface area contributed by atoms with Crippen molar-refractivity contribution in [1.82, 2.24) is 19.4 Å². The Kier molecular flexibility index (Phi) is 3.44. The topological polar surface area (TPSA) is 54.3 Å². The summed E-state index contributed by atoms with van der Waals surface area (Å²) in [6.45, 7) is 3.33. The van der Waals surface area contributed by atoms with Gasteiger partial charge in [-0.2, -0.15) is 11.8 Å². The summed E-state index contributed by atoms with van der Waals surface area (Å²) in [6, 6.07) is 2.04. The van der Waals surface area contributed by atoms with E-state index in [1.54, 1.807) is 6.33 Å². The molecule has 2 saturated heterocycles. The van der Waals surface area contributed by atoms with Crippen LogP contribution in [0.2, 0.25) is 0 Å². The Labute approximate surface area is 133 Å². The fourth-order valence-corrected chi connectivity index (χ4v) is 4.07. The van der Waals surface area contributed by atoms with E-state index < -0.39 is 0 Å². The molecule has 22 heavy (non-hydrogen) atoms. The third kappa shape index (κ3) is 2.24. The molecule has 0 unspecified atom stereocenters. The third-order valence-corrected chi connectivity index (χ3v) is 5.44. The Morgan fingerprint density at radius 1 is 1.27 bits per heavy atom. The Balaban J connectivity index is 1.47. The fraction of sp³-hybridized carbons (Fsp3) is 0.533. The lowest BCUT2D eigenvalue weighted by Crippen LogP contribution is -2.56. The van der Waals surface area contributed by atoms with Gasteiger partial charge in [-0.3, -0.25) is 4.79 Å². The van der Waals surface area contributed by atoms with Crippen LogP contribution in [-0.4, -0.2) is 63.0 Å². The Morgan fingerprint density at radius 2 is 2.05 bits per heavy atom. The van der Waals surface area contributed by atoms with Gasteiger partial charge in [0.1, 0.15) is 17.8 Å². The van der Waals surface area contributed by atoms with Crippen LogP contribution in [0.3, 0.4) is 0 Å². The van der Waals surface area contributed by atoms with Crippen LogP contribution in [0.25, 0.3) is 11.0 Å². The van der Waals surface area contributed by atoms with Gasteiger partial charge in [-0.25, -0.2) is 9.97 Å². The van der Waals surface area contributed by atoms with Gasteiger partial charge in [-0.1, -0.05) is 0 Å². The molecule has 2 aromatic heterocycles. The van der Waals surface area contributed by atoms with Crippen molar-refractivity contribution in [2.75, 3.05) is 42.6 Å². The van der Waals surface area contributed by atoms with E-state index in [4.69, 9.17) is 0 Å². The predicted octanol–water partition coefficient (Wildman–Crippen LogP) is 0.980. The first-order valence-corrected chi connectivity index (χ1v) is 8.77. The van der Waals surface area contributed by atoms with Gasteiger partial charge in [0.05, 0.1) is 11.3 Å². The minimum atomic E-state index is 0.122. The van der Waals surface area contributed by atoms with Gasteiger partial charge < -0.3 is 14.4 Å². The van der Waals surface area contributed by atoms with Gasteiger partial charge in [0, 0.05) is 50.9 Å². The lowest BCUT2D eigenvalue weighted by Gasteiger charge is -2.42. The van der Waals surface area contributed by atoms with E-state index >= 15 is 0 Å². The van der Waals surface area contributed by atoms with Crippen molar-refractivity contribution >= 4 is 34.5 Å². The number of aryl methyl sites for hydroxylation is 1. The van der Waals surface area contributed by atoms with Crippen molar-refractivity contribution in [3.63, 3.8) is 0 Å². The summed E-state index contributed by atoms with van der Waals surface area (Å²) in [6.07, 6.45) is 3.60. The van der Waals surface area contributed by atoms with E-state index in [0.717, 1.165) is 54.5 Å². The predicted molar refractivity (Wildman–Crippen MR) is 88.1 cm³/mol. The molecule has 4 heterocycles. The molecule has 6 nitrogen and oxygen atoms in total. The maximum absolute atomic E-state index is 12.5. The molecule has 0 aliphatic carbocycles. The number of anilines is 1. The van der Waals surface area contributed by atoms with E-state index in [-0.39, 0.29) is 5.92 Å². The monoisotopic (exact) mass is 317 g/mol. The van der Waals surface area contributed by atoms with Crippen LogP contribution in [0.1, 0.15) is 0 Å². The summed E-state index contributed by atoms with van der Waals surface area (Å²) in [5, 5.41) is 1.06. The SMILES string of the molecule is Cn1ccc2c(N3CC(C(=O)N4CCSCC4)C3)ncnc21. The van der Waals surface area contributed by atoms with Crippen LogP contribution in [0.4, 0.5) is 5.82 Å². The molecule has 2 aliphatic heterocycles. The van der Waals surface area contributed by atoms with Crippen LogP contribution in [0, 0.1) is 5.92 Å². The second-order valence-electron chi connectivity index (χ2n) is 5.90. The number of hydrogen-bond acceptors (Lipinski definition) is 5. The number of thioether (sulfide) groups is 1.